The molecule has 0 spiro atoms. The van der Waals surface area contributed by atoms with Crippen molar-refractivity contribution in [1.82, 2.24) is 0 Å². The lowest BCUT2D eigenvalue weighted by atomic mass is 9.87. The topological polar surface area (TPSA) is 12.4 Å². The van der Waals surface area contributed by atoms with Crippen LogP contribution in [0, 0.1) is 0 Å². The highest BCUT2D eigenvalue weighted by atomic mass is 32.2. The summed E-state index contributed by atoms with van der Waals surface area (Å²) in [5.74, 6) is 0.712. The van der Waals surface area contributed by atoms with Gasteiger partial charge in [-0.3, -0.25) is 0 Å². The zero-order valence-corrected chi connectivity index (χ0v) is 18.2. The van der Waals surface area contributed by atoms with Gasteiger partial charge in [0.2, 0.25) is 0 Å². The summed E-state index contributed by atoms with van der Waals surface area (Å²) in [7, 11) is 0. The van der Waals surface area contributed by atoms with Gasteiger partial charge in [-0.25, -0.2) is 4.99 Å². The quantitative estimate of drug-likeness (QED) is 0.426. The third-order valence-corrected chi connectivity index (χ3v) is 7.52. The van der Waals surface area contributed by atoms with Crippen LogP contribution in [0.3, 0.4) is 0 Å². The van der Waals surface area contributed by atoms with Crippen molar-refractivity contribution in [2.24, 2.45) is 4.99 Å². The molecule has 1 nitrogen and oxygen atoms in total. The summed E-state index contributed by atoms with van der Waals surface area (Å²) in [6.07, 6.45) is 5.45. The summed E-state index contributed by atoms with van der Waals surface area (Å²) >= 11 is 1.92. The first-order chi connectivity index (χ1) is 14.7. The molecule has 148 valence electrons. The van der Waals surface area contributed by atoms with Gasteiger partial charge in [-0.2, -0.15) is 0 Å². The Labute approximate surface area is 183 Å². The maximum absolute atomic E-state index is 5.08. The minimum Gasteiger partial charge on any atom is -0.247 e. The van der Waals surface area contributed by atoms with Crippen molar-refractivity contribution in [1.29, 1.82) is 0 Å². The molecule has 0 N–H and O–H groups in total. The molecule has 0 bridgehead atoms. The smallest absolute Gasteiger partial charge is 0.0779 e. The van der Waals surface area contributed by atoms with Gasteiger partial charge in [0.05, 0.1) is 11.4 Å². The molecule has 30 heavy (non-hydrogen) atoms. The zero-order valence-electron chi connectivity index (χ0n) is 17.4. The number of aliphatic imine (C=N–C) groups is 1. The highest BCUT2D eigenvalue weighted by molar-refractivity contribution is 8.04. The van der Waals surface area contributed by atoms with Crippen LogP contribution in [0.4, 0.5) is 5.69 Å². The Morgan fingerprint density at radius 3 is 2.13 bits per heavy atom. The summed E-state index contributed by atoms with van der Waals surface area (Å²) in [6.45, 7) is 4.62. The molecule has 3 aromatic rings. The Bertz CT molecular complexity index is 1160. The van der Waals surface area contributed by atoms with Gasteiger partial charge < -0.3 is 0 Å². The second-order valence-corrected chi connectivity index (χ2v) is 9.04. The van der Waals surface area contributed by atoms with E-state index in [1.54, 1.807) is 0 Å². The van der Waals surface area contributed by atoms with Gasteiger partial charge >= 0.3 is 0 Å². The Kier molecular flexibility index (Phi) is 5.18. The number of fused-ring (bicyclic) bond motifs is 2. The predicted octanol–water partition coefficient (Wildman–Crippen LogP) is 8.03. The van der Waals surface area contributed by atoms with E-state index in [0.29, 0.717) is 11.8 Å². The summed E-state index contributed by atoms with van der Waals surface area (Å²) in [4.78, 5) is 7.73. The van der Waals surface area contributed by atoms with Crippen molar-refractivity contribution in [3.8, 4) is 0 Å². The average molecular weight is 408 g/mol. The molecule has 2 aliphatic rings. The van der Waals surface area contributed by atoms with Crippen LogP contribution in [0.15, 0.2) is 111 Å². The molecule has 1 heterocycles. The van der Waals surface area contributed by atoms with Crippen LogP contribution >= 0.6 is 11.8 Å². The first-order valence-electron chi connectivity index (χ1n) is 10.6. The van der Waals surface area contributed by atoms with Gasteiger partial charge in [0.15, 0.2) is 0 Å². The molecular weight excluding hydrogens is 382 g/mol. The van der Waals surface area contributed by atoms with E-state index >= 15 is 0 Å². The number of benzene rings is 3. The third-order valence-electron chi connectivity index (χ3n) is 6.20. The van der Waals surface area contributed by atoms with E-state index in [0.717, 1.165) is 17.8 Å². The van der Waals surface area contributed by atoms with Crippen LogP contribution in [-0.2, 0) is 0 Å². The van der Waals surface area contributed by atoms with Crippen LogP contribution < -0.4 is 0 Å². The summed E-state index contributed by atoms with van der Waals surface area (Å²) < 4.78 is 0. The molecule has 0 radical (unpaired) electrons. The molecule has 0 aromatic heterocycles. The van der Waals surface area contributed by atoms with Crippen LogP contribution in [-0.4, -0.2) is 5.71 Å². The van der Waals surface area contributed by atoms with Crippen LogP contribution in [0.25, 0.3) is 0 Å². The van der Waals surface area contributed by atoms with Gasteiger partial charge in [-0.05, 0) is 40.8 Å². The molecular formula is C28H25NS. The highest BCUT2D eigenvalue weighted by Crippen LogP contribution is 2.49. The van der Waals surface area contributed by atoms with Crippen molar-refractivity contribution in [2.45, 2.75) is 37.0 Å². The zero-order chi connectivity index (χ0) is 20.5. The molecule has 5 rings (SSSR count). The van der Waals surface area contributed by atoms with Gasteiger partial charge in [-0.15, -0.1) is 0 Å². The van der Waals surface area contributed by atoms with E-state index < -0.39 is 0 Å². The van der Waals surface area contributed by atoms with Crippen LogP contribution in [0.2, 0.25) is 0 Å². The highest BCUT2D eigenvalue weighted by Gasteiger charge is 2.28. The van der Waals surface area contributed by atoms with E-state index in [1.807, 2.05) is 11.8 Å². The number of nitrogens with zero attached hydrogens (tertiary/aromatic N) is 1. The first kappa shape index (κ1) is 19.1. The molecule has 2 heteroatoms. The molecule has 1 aliphatic carbocycles. The number of hydrogen-bond acceptors (Lipinski definition) is 2. The Morgan fingerprint density at radius 2 is 1.43 bits per heavy atom. The summed E-state index contributed by atoms with van der Waals surface area (Å²) in [5.41, 5.74) is 7.75. The van der Waals surface area contributed by atoms with Gasteiger partial charge in [0, 0.05) is 21.6 Å². The fourth-order valence-corrected chi connectivity index (χ4v) is 5.78. The van der Waals surface area contributed by atoms with Gasteiger partial charge in [0.25, 0.3) is 0 Å². The molecule has 3 aromatic carbocycles. The minimum absolute atomic E-state index is 0.333. The Morgan fingerprint density at radius 1 is 0.767 bits per heavy atom. The maximum Gasteiger partial charge on any atom is 0.0779 e. The van der Waals surface area contributed by atoms with Gasteiger partial charge in [0.1, 0.15) is 0 Å². The van der Waals surface area contributed by atoms with E-state index in [-0.39, 0.29) is 0 Å². The Balaban J connectivity index is 1.59. The minimum atomic E-state index is 0.333. The average Bonchev–Trinajstić information content (AvgIpc) is 2.82. The van der Waals surface area contributed by atoms with Crippen molar-refractivity contribution in [3.63, 3.8) is 0 Å². The van der Waals surface area contributed by atoms with Crippen molar-refractivity contribution >= 4 is 23.2 Å². The molecule has 0 saturated carbocycles. The Hall–Kier alpha value is -2.84. The third kappa shape index (κ3) is 3.46. The van der Waals surface area contributed by atoms with E-state index in [2.05, 4.69) is 105 Å². The first-order valence-corrected chi connectivity index (χ1v) is 11.4. The molecule has 0 fully saturated rings. The predicted molar refractivity (Wildman–Crippen MR) is 129 cm³/mol. The summed E-state index contributed by atoms with van der Waals surface area (Å²) in [5, 5.41) is 0. The normalized spacial score (nSPS) is 17.1. The van der Waals surface area contributed by atoms with Gasteiger partial charge in [-0.1, -0.05) is 104 Å². The van der Waals surface area contributed by atoms with Crippen LogP contribution in [0.5, 0.6) is 0 Å². The lowest BCUT2D eigenvalue weighted by Crippen LogP contribution is -2.13. The number of rotatable bonds is 4. The fourth-order valence-electron chi connectivity index (χ4n) is 4.39. The largest absolute Gasteiger partial charge is 0.247 e. The van der Waals surface area contributed by atoms with Crippen molar-refractivity contribution < 1.29 is 0 Å². The van der Waals surface area contributed by atoms with Crippen LogP contribution in [0.1, 0.15) is 48.8 Å². The number of allylic oxidation sites excluding steroid dienone is 4. The molecule has 0 saturated heterocycles. The van der Waals surface area contributed by atoms with Crippen molar-refractivity contribution in [3.05, 3.63) is 118 Å². The van der Waals surface area contributed by atoms with Crippen molar-refractivity contribution in [2.75, 3.05) is 0 Å². The molecule has 2 atom stereocenters. The number of hydrogen-bond donors (Lipinski definition) is 0. The maximum atomic E-state index is 5.08. The lowest BCUT2D eigenvalue weighted by molar-refractivity contribution is 0.857. The molecule has 2 unspecified atom stereocenters. The van der Waals surface area contributed by atoms with E-state index in [4.69, 9.17) is 4.99 Å². The monoisotopic (exact) mass is 407 g/mol. The molecule has 1 aliphatic heterocycles. The van der Waals surface area contributed by atoms with E-state index in [9.17, 15) is 0 Å². The standard InChI is InChI=1S/C28H25NS/c1-19(21-11-5-3-6-12-21)23-15-9-17-25-27(23)30-28-24(16-10-18-26(28)29-25)20(2)22-13-7-4-8-14-22/h3-15,17-20H,16H2,1-2H3. The fraction of sp³-hybridized carbons (Fsp3) is 0.179. The summed E-state index contributed by atoms with van der Waals surface area (Å²) in [6, 6.07) is 28.2. The molecule has 0 amide bonds. The lowest BCUT2D eigenvalue weighted by Gasteiger charge is -2.28. The SMILES string of the molecule is CC(C1=C2Sc3c(cccc3C(C)c3ccccc3)N=C2C=CC1)c1ccccc1. The van der Waals surface area contributed by atoms with E-state index in [1.165, 1.54) is 32.1 Å². The second-order valence-electron chi connectivity index (χ2n) is 8.02. The number of thioether (sulfide) groups is 1. The second kappa shape index (κ2) is 8.12.